The molecule has 2 aromatic heterocycles. The van der Waals surface area contributed by atoms with E-state index < -0.39 is 17.6 Å². The lowest BCUT2D eigenvalue weighted by Gasteiger charge is -2.14. The first-order valence-electron chi connectivity index (χ1n) is 10.2. The fourth-order valence-corrected chi connectivity index (χ4v) is 3.06. The summed E-state index contributed by atoms with van der Waals surface area (Å²) in [6.07, 6.45) is -0.704. The predicted molar refractivity (Wildman–Crippen MR) is 119 cm³/mol. The van der Waals surface area contributed by atoms with Crippen molar-refractivity contribution in [2.75, 3.05) is 5.32 Å². The number of nitrogens with one attached hydrogen (secondary N) is 1. The van der Waals surface area contributed by atoms with Gasteiger partial charge in [0.2, 0.25) is 0 Å². The topological polar surface area (TPSA) is 112 Å². The molecule has 1 amide bonds. The molecule has 0 radical (unpaired) electrons. The van der Waals surface area contributed by atoms with E-state index in [1.54, 1.807) is 44.2 Å². The number of esters is 1. The van der Waals surface area contributed by atoms with Crippen LogP contribution in [0.2, 0.25) is 0 Å². The Morgan fingerprint density at radius 2 is 1.82 bits per heavy atom. The van der Waals surface area contributed by atoms with E-state index in [4.69, 9.17) is 14.0 Å². The monoisotopic (exact) mass is 447 g/mol. The summed E-state index contributed by atoms with van der Waals surface area (Å²) in [4.78, 5) is 41.0. The zero-order valence-corrected chi connectivity index (χ0v) is 18.0. The number of fused-ring (bicyclic) bond motifs is 1. The molecule has 2 aromatic carbocycles. The Bertz CT molecular complexity index is 1340. The lowest BCUT2D eigenvalue weighted by Crippen LogP contribution is -2.30. The highest BCUT2D eigenvalue weighted by atomic mass is 16.5. The minimum absolute atomic E-state index is 0.165. The average molecular weight is 447 g/mol. The van der Waals surface area contributed by atoms with E-state index in [1.807, 2.05) is 18.2 Å². The van der Waals surface area contributed by atoms with Crippen LogP contribution < -0.4 is 15.6 Å². The van der Waals surface area contributed by atoms with Crippen LogP contribution >= 0.6 is 0 Å². The van der Waals surface area contributed by atoms with Crippen molar-refractivity contribution in [3.8, 4) is 5.75 Å². The van der Waals surface area contributed by atoms with Gasteiger partial charge in [-0.1, -0.05) is 18.2 Å². The van der Waals surface area contributed by atoms with Gasteiger partial charge in [-0.15, -0.1) is 4.57 Å². The minimum atomic E-state index is -0.704. The molecule has 0 aliphatic rings. The van der Waals surface area contributed by atoms with Crippen LogP contribution in [0.5, 0.6) is 5.75 Å². The third-order valence-electron chi connectivity index (χ3n) is 4.69. The highest BCUT2D eigenvalue weighted by molar-refractivity contribution is 5.95. The van der Waals surface area contributed by atoms with Gasteiger partial charge in [-0.2, -0.15) is 0 Å². The van der Waals surface area contributed by atoms with Crippen LogP contribution in [0.3, 0.4) is 0 Å². The number of anilines is 1. The molecule has 9 nitrogen and oxygen atoms in total. The average Bonchev–Trinajstić information content (AvgIpc) is 3.19. The number of carbonyl (C=O) groups excluding carboxylic acids is 2. The smallest absolute Gasteiger partial charge is 0.338 e. The third kappa shape index (κ3) is 5.27. The van der Waals surface area contributed by atoms with Crippen molar-refractivity contribution < 1.29 is 23.6 Å². The first-order valence-corrected chi connectivity index (χ1v) is 10.2. The maximum absolute atomic E-state index is 12.4. The first kappa shape index (κ1) is 21.8. The van der Waals surface area contributed by atoms with Crippen LogP contribution in [0.15, 0.2) is 76.0 Å². The van der Waals surface area contributed by atoms with Gasteiger partial charge in [0.05, 0.1) is 11.3 Å². The van der Waals surface area contributed by atoms with Gasteiger partial charge >= 0.3 is 5.97 Å². The second-order valence-electron chi connectivity index (χ2n) is 7.30. The number of para-hydroxylation sites is 1. The lowest BCUT2D eigenvalue weighted by molar-refractivity contribution is -0.122. The molecule has 168 valence electrons. The summed E-state index contributed by atoms with van der Waals surface area (Å²) in [5, 5.41) is 2.74. The molecule has 0 fully saturated rings. The summed E-state index contributed by atoms with van der Waals surface area (Å²) >= 11 is 0. The zero-order chi connectivity index (χ0) is 23.4. The maximum Gasteiger partial charge on any atom is 0.338 e. The Morgan fingerprint density at radius 3 is 2.55 bits per heavy atom. The summed E-state index contributed by atoms with van der Waals surface area (Å²) in [6.45, 7) is 3.19. The number of aryl methyl sites for hydroxylation is 1. The summed E-state index contributed by atoms with van der Waals surface area (Å²) in [5.41, 5.74) is 1.06. The molecule has 0 spiro atoms. The van der Waals surface area contributed by atoms with Crippen LogP contribution in [-0.4, -0.2) is 27.5 Å². The molecule has 33 heavy (non-hydrogen) atoms. The van der Waals surface area contributed by atoms with Crippen LogP contribution in [-0.2, 0) is 16.1 Å². The van der Waals surface area contributed by atoms with Crippen molar-refractivity contribution in [1.29, 1.82) is 0 Å². The number of hydrogen-bond donors (Lipinski definition) is 1. The van der Waals surface area contributed by atoms with Crippen LogP contribution in [0.4, 0.5) is 5.69 Å². The van der Waals surface area contributed by atoms with E-state index in [1.165, 1.54) is 18.2 Å². The zero-order valence-electron chi connectivity index (χ0n) is 18.0. The summed E-state index contributed by atoms with van der Waals surface area (Å²) in [6, 6.07) is 18.2. The molecule has 2 heterocycles. The molecule has 0 aliphatic heterocycles. The van der Waals surface area contributed by atoms with Gasteiger partial charge < -0.3 is 19.3 Å². The standard InChI is InChI=1S/C24H21N3O6/c1-15-12-21-25-19(13-22(28)27(21)33-15)14-31-24(30)17-8-10-18(11-9-17)26-23(29)16(2)32-20-6-4-3-5-7-20/h3-13,16H,14H2,1-2H3,(H,26,29). The number of benzene rings is 2. The number of aromatic nitrogens is 2. The van der Waals surface area contributed by atoms with E-state index in [0.717, 1.165) is 4.57 Å². The summed E-state index contributed by atoms with van der Waals surface area (Å²) in [7, 11) is 0. The molecule has 4 aromatic rings. The Labute approximate surface area is 188 Å². The summed E-state index contributed by atoms with van der Waals surface area (Å²) < 4.78 is 17.2. The van der Waals surface area contributed by atoms with Crippen molar-refractivity contribution >= 4 is 23.2 Å². The number of carbonyl (C=O) groups is 2. The van der Waals surface area contributed by atoms with Gasteiger partial charge in [0.25, 0.3) is 11.5 Å². The van der Waals surface area contributed by atoms with Gasteiger partial charge in [-0.3, -0.25) is 9.59 Å². The van der Waals surface area contributed by atoms with Gasteiger partial charge in [-0.25, -0.2) is 9.78 Å². The van der Waals surface area contributed by atoms with Crippen LogP contribution in [0.25, 0.3) is 5.65 Å². The molecule has 1 atom stereocenters. The molecule has 0 saturated carbocycles. The van der Waals surface area contributed by atoms with Gasteiger partial charge in [0.15, 0.2) is 11.8 Å². The molecule has 1 N–H and O–H groups in total. The van der Waals surface area contributed by atoms with Crippen molar-refractivity contribution in [2.24, 2.45) is 0 Å². The number of hydrogen-bond acceptors (Lipinski definition) is 7. The Kier molecular flexibility index (Phi) is 6.21. The first-order chi connectivity index (χ1) is 15.9. The highest BCUT2D eigenvalue weighted by Gasteiger charge is 2.16. The normalized spacial score (nSPS) is 11.7. The third-order valence-corrected chi connectivity index (χ3v) is 4.69. The van der Waals surface area contributed by atoms with Crippen molar-refractivity contribution in [1.82, 2.24) is 9.56 Å². The Morgan fingerprint density at radius 1 is 1.09 bits per heavy atom. The highest BCUT2D eigenvalue weighted by Crippen LogP contribution is 2.15. The molecule has 0 aliphatic carbocycles. The molecule has 9 heteroatoms. The summed E-state index contributed by atoms with van der Waals surface area (Å²) in [5.74, 6) is 0.231. The molecular weight excluding hydrogens is 426 g/mol. The number of rotatable bonds is 7. The largest absolute Gasteiger partial charge is 0.481 e. The SMILES string of the molecule is Cc1cc2nc(COC(=O)c3ccc(NC(=O)C(C)Oc4ccccc4)cc3)cc(=O)n2o1. The second kappa shape index (κ2) is 9.39. The number of ether oxygens (including phenoxy) is 2. The van der Waals surface area contributed by atoms with Gasteiger partial charge in [0, 0.05) is 17.8 Å². The number of nitrogens with zero attached hydrogens (tertiary/aromatic N) is 2. The number of amides is 1. The molecular formula is C24H21N3O6. The second-order valence-corrected chi connectivity index (χ2v) is 7.30. The molecule has 4 rings (SSSR count). The molecule has 0 saturated heterocycles. The van der Waals surface area contributed by atoms with Gasteiger partial charge in [0.1, 0.15) is 18.1 Å². The quantitative estimate of drug-likeness (QED) is 0.432. The lowest BCUT2D eigenvalue weighted by atomic mass is 10.2. The Hall–Kier alpha value is -4.40. The van der Waals surface area contributed by atoms with E-state index >= 15 is 0 Å². The van der Waals surface area contributed by atoms with E-state index in [0.29, 0.717) is 34.1 Å². The van der Waals surface area contributed by atoms with E-state index in [2.05, 4.69) is 10.3 Å². The fourth-order valence-electron chi connectivity index (χ4n) is 3.06. The maximum atomic E-state index is 12.4. The van der Waals surface area contributed by atoms with Crippen LogP contribution in [0, 0.1) is 6.92 Å². The predicted octanol–water partition coefficient (Wildman–Crippen LogP) is 3.36. The molecule has 0 bridgehead atoms. The van der Waals surface area contributed by atoms with Crippen molar-refractivity contribution in [3.63, 3.8) is 0 Å². The van der Waals surface area contributed by atoms with Crippen molar-refractivity contribution in [2.45, 2.75) is 26.6 Å². The molecule has 1 unspecified atom stereocenters. The fraction of sp³-hybridized carbons (Fsp3) is 0.167. The van der Waals surface area contributed by atoms with Crippen LogP contribution in [0.1, 0.15) is 28.7 Å². The minimum Gasteiger partial charge on any atom is -0.481 e. The Balaban J connectivity index is 1.33. The van der Waals surface area contributed by atoms with E-state index in [9.17, 15) is 14.4 Å². The van der Waals surface area contributed by atoms with E-state index in [-0.39, 0.29) is 12.5 Å². The van der Waals surface area contributed by atoms with Crippen molar-refractivity contribution in [3.05, 3.63) is 94.1 Å². The van der Waals surface area contributed by atoms with Gasteiger partial charge in [-0.05, 0) is 50.2 Å².